The van der Waals surface area contributed by atoms with E-state index in [1.165, 1.54) is 12.7 Å². The van der Waals surface area contributed by atoms with Crippen molar-refractivity contribution in [1.29, 1.82) is 0 Å². The summed E-state index contributed by atoms with van der Waals surface area (Å²) in [7, 11) is 1.33. The minimum atomic E-state index is -0.981. The lowest BCUT2D eigenvalue weighted by Crippen LogP contribution is -2.08. The van der Waals surface area contributed by atoms with Crippen LogP contribution in [0.3, 0.4) is 0 Å². The van der Waals surface area contributed by atoms with Gasteiger partial charge < -0.3 is 19.7 Å². The molecule has 0 aliphatic heterocycles. The van der Waals surface area contributed by atoms with E-state index in [1.807, 2.05) is 36.4 Å². The van der Waals surface area contributed by atoms with E-state index >= 15 is 0 Å². The number of carbonyl (C=O) groups excluding carboxylic acids is 2. The van der Waals surface area contributed by atoms with Crippen LogP contribution >= 0.6 is 0 Å². The fraction of sp³-hybridized carbons (Fsp3) is 0.227. The molecule has 0 unspecified atom stereocenters. The zero-order valence-corrected chi connectivity index (χ0v) is 17.2. The molecule has 0 saturated heterocycles. The lowest BCUT2D eigenvalue weighted by atomic mass is 10.2. The van der Waals surface area contributed by atoms with Crippen molar-refractivity contribution in [2.45, 2.75) is 13.8 Å². The first-order valence-corrected chi connectivity index (χ1v) is 8.27. The van der Waals surface area contributed by atoms with Crippen molar-refractivity contribution in [2.75, 3.05) is 20.3 Å². The number of aliphatic hydroxyl groups is 1. The number of ether oxygens (including phenoxy) is 2. The Bertz CT molecular complexity index is 661. The Morgan fingerprint density at radius 3 is 1.66 bits per heavy atom. The molecule has 0 fully saturated rings. The molecule has 0 heterocycles. The molecule has 0 saturated carbocycles. The molecule has 0 amide bonds. The summed E-state index contributed by atoms with van der Waals surface area (Å²) in [6.07, 6.45) is 2.67. The molecule has 0 aromatic heterocycles. The predicted molar refractivity (Wildman–Crippen MR) is 114 cm³/mol. The van der Waals surface area contributed by atoms with E-state index in [0.717, 1.165) is 6.08 Å². The summed E-state index contributed by atoms with van der Waals surface area (Å²) in [5.41, 5.74) is 1.96. The highest BCUT2D eigenvalue weighted by Gasteiger charge is 1.99. The maximum atomic E-state index is 10.5. The molecule has 0 atom stereocenters. The van der Waals surface area contributed by atoms with Gasteiger partial charge in [0.25, 0.3) is 0 Å². The van der Waals surface area contributed by atoms with Crippen molar-refractivity contribution in [1.82, 2.24) is 0 Å². The number of carboxylic acid groups (broad SMARTS) is 1. The van der Waals surface area contributed by atoms with Gasteiger partial charge in [0.1, 0.15) is 6.61 Å². The van der Waals surface area contributed by atoms with Gasteiger partial charge in [-0.3, -0.25) is 0 Å². The van der Waals surface area contributed by atoms with Crippen LogP contribution in [0.4, 0.5) is 0 Å². The molecule has 1 rings (SSSR count). The lowest BCUT2D eigenvalue weighted by Gasteiger charge is -1.99. The molecule has 0 bridgehead atoms. The monoisotopic (exact) mass is 406 g/mol. The second-order valence-electron chi connectivity index (χ2n) is 5.07. The van der Waals surface area contributed by atoms with E-state index in [4.69, 9.17) is 10.2 Å². The molecular weight excluding hydrogens is 376 g/mol. The van der Waals surface area contributed by atoms with Crippen LogP contribution in [0.15, 0.2) is 73.9 Å². The number of esters is 2. The van der Waals surface area contributed by atoms with Gasteiger partial charge in [0.2, 0.25) is 0 Å². The summed E-state index contributed by atoms with van der Waals surface area (Å²) >= 11 is 0. The second kappa shape index (κ2) is 20.9. The van der Waals surface area contributed by atoms with E-state index in [9.17, 15) is 14.4 Å². The first-order chi connectivity index (χ1) is 13.6. The molecular formula is C22H30O7. The number of carbonyl (C=O) groups is 3. The largest absolute Gasteiger partial charge is 0.478 e. The summed E-state index contributed by atoms with van der Waals surface area (Å²) < 4.78 is 8.74. The Hall–Kier alpha value is -3.45. The van der Waals surface area contributed by atoms with Crippen molar-refractivity contribution in [3.8, 4) is 0 Å². The van der Waals surface area contributed by atoms with E-state index in [-0.39, 0.29) is 19.2 Å². The van der Waals surface area contributed by atoms with Crippen molar-refractivity contribution in [2.24, 2.45) is 0 Å². The van der Waals surface area contributed by atoms with Crippen molar-refractivity contribution in [3.63, 3.8) is 0 Å². The average molecular weight is 406 g/mol. The van der Waals surface area contributed by atoms with Gasteiger partial charge >= 0.3 is 17.9 Å². The average Bonchev–Trinajstić information content (AvgIpc) is 2.72. The maximum Gasteiger partial charge on any atom is 0.333 e. The Labute approximate surface area is 172 Å². The topological polar surface area (TPSA) is 110 Å². The molecule has 0 spiro atoms. The minimum Gasteiger partial charge on any atom is -0.478 e. The molecule has 7 heteroatoms. The maximum absolute atomic E-state index is 10.5. The predicted octanol–water partition coefficient (Wildman–Crippen LogP) is 3.42. The third-order valence-electron chi connectivity index (χ3n) is 2.42. The highest BCUT2D eigenvalue weighted by Crippen LogP contribution is 1.97. The van der Waals surface area contributed by atoms with Crippen LogP contribution in [0.1, 0.15) is 19.4 Å². The van der Waals surface area contributed by atoms with Gasteiger partial charge in [0.05, 0.1) is 13.7 Å². The lowest BCUT2D eigenvalue weighted by molar-refractivity contribution is -0.140. The third kappa shape index (κ3) is 24.6. The van der Waals surface area contributed by atoms with Crippen molar-refractivity contribution in [3.05, 3.63) is 79.4 Å². The molecule has 7 nitrogen and oxygen atoms in total. The molecule has 2 N–H and O–H groups in total. The fourth-order valence-electron chi connectivity index (χ4n) is 1.02. The van der Waals surface area contributed by atoms with Crippen LogP contribution in [0.25, 0.3) is 6.08 Å². The van der Waals surface area contributed by atoms with Crippen LogP contribution in [0.5, 0.6) is 0 Å². The molecule has 29 heavy (non-hydrogen) atoms. The number of methoxy groups -OCH3 is 1. The van der Waals surface area contributed by atoms with Crippen molar-refractivity contribution >= 4 is 24.0 Å². The van der Waals surface area contributed by atoms with Gasteiger partial charge in [0, 0.05) is 17.2 Å². The normalized spacial score (nSPS) is 8.00. The molecule has 1 aromatic carbocycles. The van der Waals surface area contributed by atoms with Crippen LogP contribution in [0, 0.1) is 0 Å². The minimum absolute atomic E-state index is 0.0473. The SMILES string of the molecule is C=C(C)C(=O)OC.C=C(C)C(=O)OCCO.C=CC(=O)O.C=Cc1ccccc1. The quantitative estimate of drug-likeness (QED) is 0.550. The molecule has 1 aromatic rings. The van der Waals surface area contributed by atoms with Crippen LogP contribution in [-0.2, 0) is 23.9 Å². The summed E-state index contributed by atoms with van der Waals surface area (Å²) in [5, 5.41) is 15.8. The smallest absolute Gasteiger partial charge is 0.333 e. The van der Waals surface area contributed by atoms with Gasteiger partial charge in [-0.1, -0.05) is 62.7 Å². The number of hydrogen-bond donors (Lipinski definition) is 2. The summed E-state index contributed by atoms with van der Waals surface area (Å²) in [5.74, 6) is -1.78. The van der Waals surface area contributed by atoms with Crippen LogP contribution < -0.4 is 0 Å². The van der Waals surface area contributed by atoms with Crippen LogP contribution in [0.2, 0.25) is 0 Å². The van der Waals surface area contributed by atoms with E-state index < -0.39 is 11.9 Å². The first-order valence-electron chi connectivity index (χ1n) is 8.27. The van der Waals surface area contributed by atoms with E-state index in [0.29, 0.717) is 11.1 Å². The fourth-order valence-corrected chi connectivity index (χ4v) is 1.02. The highest BCUT2D eigenvalue weighted by atomic mass is 16.5. The summed E-state index contributed by atoms with van der Waals surface area (Å²) in [6.45, 7) is 16.4. The van der Waals surface area contributed by atoms with Gasteiger partial charge in [-0.05, 0) is 19.4 Å². The number of aliphatic hydroxyl groups excluding tert-OH is 1. The molecule has 0 aliphatic rings. The first kappa shape index (κ1) is 30.3. The standard InChI is InChI=1S/C8H8.C6H10O3.C5H8O2.C3H4O2/c1-2-8-6-4-3-5-7-8;1-5(2)6(8)9-4-3-7;1-4(2)5(6)7-3;1-2-3(4)5/h2-7H,1H2;7H,1,3-4H2,2H3;1H2,2-3H3;2H,1H2,(H,4,5). The molecule has 160 valence electrons. The molecule has 0 radical (unpaired) electrons. The van der Waals surface area contributed by atoms with E-state index in [2.05, 4.69) is 35.8 Å². The number of hydrogen-bond acceptors (Lipinski definition) is 6. The Kier molecular flexibility index (Phi) is 21.8. The van der Waals surface area contributed by atoms with Gasteiger partial charge in [0.15, 0.2) is 0 Å². The highest BCUT2D eigenvalue weighted by molar-refractivity contribution is 5.87. The Balaban J connectivity index is -0.000000317. The number of benzene rings is 1. The van der Waals surface area contributed by atoms with E-state index in [1.54, 1.807) is 13.8 Å². The number of aliphatic carboxylic acids is 1. The Morgan fingerprint density at radius 1 is 1.00 bits per heavy atom. The van der Waals surface area contributed by atoms with Gasteiger partial charge in [-0.15, -0.1) is 0 Å². The van der Waals surface area contributed by atoms with Crippen LogP contribution in [-0.4, -0.2) is 48.4 Å². The zero-order chi connectivity index (χ0) is 23.2. The summed E-state index contributed by atoms with van der Waals surface area (Å²) in [6, 6.07) is 10.0. The second-order valence-corrected chi connectivity index (χ2v) is 5.07. The van der Waals surface area contributed by atoms with Gasteiger partial charge in [-0.25, -0.2) is 14.4 Å². The van der Waals surface area contributed by atoms with Crippen molar-refractivity contribution < 1.29 is 34.1 Å². The third-order valence-corrected chi connectivity index (χ3v) is 2.42. The molecule has 0 aliphatic carbocycles. The number of carboxylic acids is 1. The summed E-state index contributed by atoms with van der Waals surface area (Å²) in [4.78, 5) is 29.9. The zero-order valence-electron chi connectivity index (χ0n) is 17.2. The van der Waals surface area contributed by atoms with Gasteiger partial charge in [-0.2, -0.15) is 0 Å². The number of rotatable bonds is 6. The Morgan fingerprint density at radius 2 is 1.45 bits per heavy atom.